The SMILES string of the molecule is C=CC(=O)C(C)(c1ccccc1)C(N)S(=O)(=O)O. The number of rotatable bonds is 5. The zero-order valence-corrected chi connectivity index (χ0v) is 10.7. The highest BCUT2D eigenvalue weighted by atomic mass is 32.2. The minimum absolute atomic E-state index is 0.403. The monoisotopic (exact) mass is 269 g/mol. The first-order chi connectivity index (χ1) is 8.24. The summed E-state index contributed by atoms with van der Waals surface area (Å²) in [6.07, 6.45) is 0.998. The van der Waals surface area contributed by atoms with Crippen LogP contribution in [0.2, 0.25) is 0 Å². The Morgan fingerprint density at radius 2 is 1.94 bits per heavy atom. The molecule has 0 aliphatic rings. The number of hydrogen-bond donors (Lipinski definition) is 2. The Bertz CT molecular complexity index is 553. The highest BCUT2D eigenvalue weighted by Crippen LogP contribution is 2.30. The lowest BCUT2D eigenvalue weighted by molar-refractivity contribution is -0.119. The summed E-state index contributed by atoms with van der Waals surface area (Å²) in [5.74, 6) is -0.571. The van der Waals surface area contributed by atoms with E-state index in [0.29, 0.717) is 5.56 Å². The Balaban J connectivity index is 3.47. The number of nitrogens with two attached hydrogens (primary N) is 1. The zero-order valence-electron chi connectivity index (χ0n) is 9.91. The summed E-state index contributed by atoms with van der Waals surface area (Å²) in [6, 6.07) is 8.18. The van der Waals surface area contributed by atoms with Crippen LogP contribution in [-0.4, -0.2) is 24.1 Å². The first-order valence-corrected chi connectivity index (χ1v) is 6.69. The molecule has 0 aliphatic carbocycles. The second-order valence-corrected chi connectivity index (χ2v) is 5.61. The van der Waals surface area contributed by atoms with Crippen molar-refractivity contribution < 1.29 is 17.8 Å². The van der Waals surface area contributed by atoms with Crippen LogP contribution in [0.25, 0.3) is 0 Å². The third-order valence-corrected chi connectivity index (χ3v) is 4.07. The van der Waals surface area contributed by atoms with E-state index >= 15 is 0 Å². The van der Waals surface area contributed by atoms with E-state index in [1.54, 1.807) is 30.3 Å². The van der Waals surface area contributed by atoms with Crippen molar-refractivity contribution >= 4 is 15.9 Å². The first-order valence-electron chi connectivity index (χ1n) is 5.19. The predicted molar refractivity (Wildman–Crippen MR) is 68.5 cm³/mol. The van der Waals surface area contributed by atoms with Crippen molar-refractivity contribution in [3.05, 3.63) is 48.6 Å². The average molecular weight is 269 g/mol. The third kappa shape index (κ3) is 2.50. The van der Waals surface area contributed by atoms with E-state index in [1.807, 2.05) is 0 Å². The Kier molecular flexibility index (Phi) is 4.05. The van der Waals surface area contributed by atoms with Crippen LogP contribution in [0.5, 0.6) is 0 Å². The van der Waals surface area contributed by atoms with Gasteiger partial charge in [0.05, 0.1) is 5.41 Å². The van der Waals surface area contributed by atoms with Gasteiger partial charge in [-0.1, -0.05) is 36.9 Å². The summed E-state index contributed by atoms with van der Waals surface area (Å²) in [4.78, 5) is 11.9. The molecule has 0 aliphatic heterocycles. The minimum atomic E-state index is -4.55. The summed E-state index contributed by atoms with van der Waals surface area (Å²) in [6.45, 7) is 4.70. The molecule has 0 fully saturated rings. The van der Waals surface area contributed by atoms with Crippen molar-refractivity contribution in [3.8, 4) is 0 Å². The highest BCUT2D eigenvalue weighted by Gasteiger charge is 2.45. The van der Waals surface area contributed by atoms with Crippen molar-refractivity contribution in [2.24, 2.45) is 5.73 Å². The average Bonchev–Trinajstić information content (AvgIpc) is 2.35. The standard InChI is InChI=1S/C12H15NO4S/c1-3-10(14)12(2,11(13)18(15,16)17)9-7-5-4-6-8-9/h3-8,11H,1,13H2,2H3,(H,15,16,17). The fourth-order valence-electron chi connectivity index (χ4n) is 1.74. The molecule has 1 rings (SSSR count). The number of carbonyl (C=O) groups is 1. The quantitative estimate of drug-likeness (QED) is 0.610. The molecule has 0 spiro atoms. The third-order valence-electron chi connectivity index (χ3n) is 2.96. The molecular formula is C12H15NO4S. The maximum Gasteiger partial charge on any atom is 0.282 e. The Labute approximate surface area is 106 Å². The second-order valence-electron chi connectivity index (χ2n) is 4.07. The second kappa shape index (κ2) is 5.01. The van der Waals surface area contributed by atoms with E-state index in [1.165, 1.54) is 6.92 Å². The van der Waals surface area contributed by atoms with Crippen molar-refractivity contribution in [1.29, 1.82) is 0 Å². The lowest BCUT2D eigenvalue weighted by atomic mass is 9.78. The maximum atomic E-state index is 11.9. The fourth-order valence-corrected chi connectivity index (χ4v) is 2.59. The number of hydrogen-bond acceptors (Lipinski definition) is 4. The molecule has 0 saturated heterocycles. The zero-order chi connectivity index (χ0) is 14.0. The van der Waals surface area contributed by atoms with Gasteiger partial charge in [-0.2, -0.15) is 8.42 Å². The maximum absolute atomic E-state index is 11.9. The van der Waals surface area contributed by atoms with Gasteiger partial charge in [-0.25, -0.2) is 0 Å². The molecule has 0 amide bonds. The molecule has 6 heteroatoms. The molecule has 0 bridgehead atoms. The summed E-state index contributed by atoms with van der Waals surface area (Å²) < 4.78 is 31.5. The van der Waals surface area contributed by atoms with Gasteiger partial charge in [-0.05, 0) is 18.6 Å². The molecular weight excluding hydrogens is 254 g/mol. The molecule has 2 unspecified atom stereocenters. The number of carbonyl (C=O) groups excluding carboxylic acids is 1. The molecule has 0 heterocycles. The topological polar surface area (TPSA) is 97.5 Å². The summed E-state index contributed by atoms with van der Waals surface area (Å²) in [5, 5.41) is -1.75. The first kappa shape index (κ1) is 14.6. The van der Waals surface area contributed by atoms with Crippen LogP contribution in [0.3, 0.4) is 0 Å². The minimum Gasteiger partial charge on any atom is -0.312 e. The number of allylic oxidation sites excluding steroid dienone is 1. The normalized spacial score (nSPS) is 16.6. The Morgan fingerprint density at radius 1 is 1.44 bits per heavy atom. The molecule has 1 aromatic rings. The van der Waals surface area contributed by atoms with Crippen LogP contribution in [0.15, 0.2) is 43.0 Å². The van der Waals surface area contributed by atoms with E-state index in [9.17, 15) is 13.2 Å². The fraction of sp³-hybridized carbons (Fsp3) is 0.250. The Hall–Kier alpha value is -1.50. The van der Waals surface area contributed by atoms with Gasteiger partial charge in [0, 0.05) is 0 Å². The van der Waals surface area contributed by atoms with Crippen LogP contribution in [0.4, 0.5) is 0 Å². The van der Waals surface area contributed by atoms with Crippen molar-refractivity contribution in [2.45, 2.75) is 17.7 Å². The molecule has 5 nitrogen and oxygen atoms in total. The van der Waals surface area contributed by atoms with Gasteiger partial charge >= 0.3 is 0 Å². The van der Waals surface area contributed by atoms with Gasteiger partial charge in [-0.3, -0.25) is 9.35 Å². The van der Waals surface area contributed by atoms with E-state index in [-0.39, 0.29) is 0 Å². The number of benzene rings is 1. The summed E-state index contributed by atoms with van der Waals surface area (Å²) in [7, 11) is -4.55. The molecule has 0 saturated carbocycles. The van der Waals surface area contributed by atoms with Gasteiger partial charge in [0.1, 0.15) is 0 Å². The smallest absolute Gasteiger partial charge is 0.282 e. The lowest BCUT2D eigenvalue weighted by Crippen LogP contribution is -2.52. The van der Waals surface area contributed by atoms with E-state index < -0.39 is 26.7 Å². The van der Waals surface area contributed by atoms with Gasteiger partial charge in [0.15, 0.2) is 11.2 Å². The van der Waals surface area contributed by atoms with Gasteiger partial charge in [0.25, 0.3) is 10.1 Å². The molecule has 2 atom stereocenters. The highest BCUT2D eigenvalue weighted by molar-refractivity contribution is 7.86. The van der Waals surface area contributed by atoms with Crippen LogP contribution in [0.1, 0.15) is 12.5 Å². The van der Waals surface area contributed by atoms with Crippen LogP contribution in [-0.2, 0) is 20.3 Å². The Morgan fingerprint density at radius 3 is 2.33 bits per heavy atom. The van der Waals surface area contributed by atoms with Gasteiger partial charge < -0.3 is 5.73 Å². The molecule has 1 aromatic carbocycles. The molecule has 18 heavy (non-hydrogen) atoms. The summed E-state index contributed by atoms with van der Waals surface area (Å²) >= 11 is 0. The lowest BCUT2D eigenvalue weighted by Gasteiger charge is -2.31. The number of ketones is 1. The van der Waals surface area contributed by atoms with Crippen LogP contribution >= 0.6 is 0 Å². The van der Waals surface area contributed by atoms with E-state index in [4.69, 9.17) is 10.3 Å². The molecule has 0 radical (unpaired) electrons. The molecule has 3 N–H and O–H groups in total. The molecule has 98 valence electrons. The van der Waals surface area contributed by atoms with Crippen LogP contribution < -0.4 is 5.73 Å². The van der Waals surface area contributed by atoms with Crippen LogP contribution in [0, 0.1) is 0 Å². The summed E-state index contributed by atoms with van der Waals surface area (Å²) in [5.41, 5.74) is 4.36. The van der Waals surface area contributed by atoms with Crippen molar-refractivity contribution in [1.82, 2.24) is 0 Å². The van der Waals surface area contributed by atoms with Crippen molar-refractivity contribution in [2.75, 3.05) is 0 Å². The molecule has 0 aromatic heterocycles. The van der Waals surface area contributed by atoms with E-state index in [0.717, 1.165) is 6.08 Å². The van der Waals surface area contributed by atoms with Gasteiger partial charge in [-0.15, -0.1) is 0 Å². The van der Waals surface area contributed by atoms with Gasteiger partial charge in [0.2, 0.25) is 0 Å². The largest absolute Gasteiger partial charge is 0.312 e. The van der Waals surface area contributed by atoms with Crippen molar-refractivity contribution in [3.63, 3.8) is 0 Å². The van der Waals surface area contributed by atoms with E-state index in [2.05, 4.69) is 6.58 Å². The predicted octanol–water partition coefficient (Wildman–Crippen LogP) is 0.872.